The molecule has 2 rings (SSSR count). The van der Waals surface area contributed by atoms with Crippen LogP contribution in [0.3, 0.4) is 0 Å². The Bertz CT molecular complexity index is 608. The lowest BCUT2D eigenvalue weighted by Crippen LogP contribution is -2.42. The largest absolute Gasteiger partial charge is 0.493 e. The van der Waals surface area contributed by atoms with Gasteiger partial charge in [-0.25, -0.2) is 4.99 Å². The van der Waals surface area contributed by atoms with E-state index in [0.29, 0.717) is 19.8 Å². The van der Waals surface area contributed by atoms with E-state index < -0.39 is 0 Å². The number of methoxy groups -OCH3 is 1. The van der Waals surface area contributed by atoms with E-state index in [2.05, 4.69) is 54.5 Å². The number of aryl methyl sites for hydroxylation is 1. The molecule has 0 amide bonds. The Labute approximate surface area is 193 Å². The molecule has 1 aliphatic rings. The van der Waals surface area contributed by atoms with Crippen molar-refractivity contribution < 1.29 is 9.47 Å². The summed E-state index contributed by atoms with van der Waals surface area (Å²) in [6.07, 6.45) is 3.58. The number of likely N-dealkylation sites (N-methyl/N-ethyl adjacent to an activating group) is 1. The van der Waals surface area contributed by atoms with Crippen molar-refractivity contribution in [1.29, 1.82) is 0 Å². The molecule has 0 unspecified atom stereocenters. The summed E-state index contributed by atoms with van der Waals surface area (Å²) in [6, 6.07) is 7.12. The van der Waals surface area contributed by atoms with Crippen molar-refractivity contribution in [2.24, 2.45) is 4.99 Å². The van der Waals surface area contributed by atoms with E-state index in [0.717, 1.165) is 55.9 Å². The summed E-state index contributed by atoms with van der Waals surface area (Å²) in [5, 5.41) is 6.81. The summed E-state index contributed by atoms with van der Waals surface area (Å²) < 4.78 is 11.1. The fourth-order valence-electron chi connectivity index (χ4n) is 3.17. The molecule has 1 saturated carbocycles. The Hall–Kier alpha value is -1.06. The third kappa shape index (κ3) is 10.00. The van der Waals surface area contributed by atoms with Crippen LogP contribution in [0, 0.1) is 6.92 Å². The molecule has 0 aliphatic heterocycles. The van der Waals surface area contributed by atoms with E-state index in [1.807, 2.05) is 0 Å². The average Bonchev–Trinajstić information content (AvgIpc) is 3.53. The molecule has 1 fully saturated rings. The minimum Gasteiger partial charge on any atom is -0.493 e. The van der Waals surface area contributed by atoms with Crippen molar-refractivity contribution in [2.45, 2.75) is 52.6 Å². The first-order chi connectivity index (χ1) is 13.7. The SMILES string of the molecule is CCNC(=NCc1ccc(C)cc1OCCCOC)NCCN(CC)C1CC1.I. The molecule has 0 radical (unpaired) electrons. The number of benzene rings is 1. The molecule has 0 bridgehead atoms. The predicted molar refractivity (Wildman–Crippen MR) is 132 cm³/mol. The maximum absolute atomic E-state index is 5.98. The number of hydrogen-bond donors (Lipinski definition) is 2. The molecule has 1 aliphatic carbocycles. The third-order valence-electron chi connectivity index (χ3n) is 4.89. The van der Waals surface area contributed by atoms with Gasteiger partial charge in [0.2, 0.25) is 0 Å². The standard InChI is InChI=1S/C22H38N4O2.HI/c1-5-23-22(24-12-13-26(6-2)20-10-11-20)25-17-19-9-8-18(3)16-21(19)28-15-7-14-27-4;/h8-9,16,20H,5-7,10-15,17H2,1-4H3,(H2,23,24,25);1H. The van der Waals surface area contributed by atoms with Gasteiger partial charge in [0.05, 0.1) is 13.2 Å². The highest BCUT2D eigenvalue weighted by atomic mass is 127. The van der Waals surface area contributed by atoms with E-state index in [1.165, 1.54) is 18.4 Å². The molecular formula is C22H39IN4O2. The Kier molecular flexibility index (Phi) is 13.3. The van der Waals surface area contributed by atoms with Gasteiger partial charge in [-0.2, -0.15) is 0 Å². The molecule has 7 heteroatoms. The summed E-state index contributed by atoms with van der Waals surface area (Å²) in [6.45, 7) is 12.3. The van der Waals surface area contributed by atoms with Crippen molar-refractivity contribution in [3.05, 3.63) is 29.3 Å². The third-order valence-corrected chi connectivity index (χ3v) is 4.89. The molecule has 2 N–H and O–H groups in total. The van der Waals surface area contributed by atoms with Crippen LogP contribution in [-0.2, 0) is 11.3 Å². The Morgan fingerprint density at radius 1 is 1.21 bits per heavy atom. The average molecular weight is 518 g/mol. The molecule has 0 atom stereocenters. The molecule has 6 nitrogen and oxygen atoms in total. The first-order valence-electron chi connectivity index (χ1n) is 10.6. The molecule has 29 heavy (non-hydrogen) atoms. The summed E-state index contributed by atoms with van der Waals surface area (Å²) in [7, 11) is 1.71. The highest BCUT2D eigenvalue weighted by Gasteiger charge is 2.27. The van der Waals surface area contributed by atoms with Crippen LogP contribution in [0.2, 0.25) is 0 Å². The van der Waals surface area contributed by atoms with Gasteiger partial charge in [0.25, 0.3) is 0 Å². The van der Waals surface area contributed by atoms with Crippen LogP contribution in [0.5, 0.6) is 5.75 Å². The fourth-order valence-corrected chi connectivity index (χ4v) is 3.17. The van der Waals surface area contributed by atoms with Crippen LogP contribution >= 0.6 is 24.0 Å². The normalized spacial score (nSPS) is 13.9. The van der Waals surface area contributed by atoms with Gasteiger partial charge in [0, 0.05) is 51.4 Å². The predicted octanol–water partition coefficient (Wildman–Crippen LogP) is 3.57. The first-order valence-corrected chi connectivity index (χ1v) is 10.6. The smallest absolute Gasteiger partial charge is 0.191 e. The number of ether oxygens (including phenoxy) is 2. The summed E-state index contributed by atoms with van der Waals surface area (Å²) in [5.74, 6) is 1.78. The second kappa shape index (κ2) is 14.8. The lowest BCUT2D eigenvalue weighted by Gasteiger charge is -2.20. The molecule has 0 aromatic heterocycles. The topological polar surface area (TPSA) is 58.1 Å². The van der Waals surface area contributed by atoms with Gasteiger partial charge < -0.3 is 20.1 Å². The van der Waals surface area contributed by atoms with Crippen LogP contribution in [0.1, 0.15) is 44.2 Å². The number of rotatable bonds is 13. The van der Waals surface area contributed by atoms with Crippen LogP contribution in [0.15, 0.2) is 23.2 Å². The monoisotopic (exact) mass is 518 g/mol. The van der Waals surface area contributed by atoms with Gasteiger partial charge in [-0.3, -0.25) is 4.90 Å². The highest BCUT2D eigenvalue weighted by molar-refractivity contribution is 14.0. The molecule has 1 aromatic rings. The molecular weight excluding hydrogens is 479 g/mol. The Balaban J connectivity index is 0.00000420. The van der Waals surface area contributed by atoms with Gasteiger partial charge in [0.15, 0.2) is 5.96 Å². The number of nitrogens with one attached hydrogen (secondary N) is 2. The van der Waals surface area contributed by atoms with Crippen molar-refractivity contribution in [1.82, 2.24) is 15.5 Å². The van der Waals surface area contributed by atoms with Gasteiger partial charge in [-0.15, -0.1) is 24.0 Å². The summed E-state index contributed by atoms with van der Waals surface area (Å²) in [5.41, 5.74) is 2.30. The van der Waals surface area contributed by atoms with E-state index in [9.17, 15) is 0 Å². The Morgan fingerprint density at radius 2 is 2.00 bits per heavy atom. The number of halogens is 1. The second-order valence-electron chi connectivity index (χ2n) is 7.29. The minimum absolute atomic E-state index is 0. The second-order valence-corrected chi connectivity index (χ2v) is 7.29. The maximum atomic E-state index is 5.98. The number of nitrogens with zero attached hydrogens (tertiary/aromatic N) is 2. The van der Waals surface area contributed by atoms with Crippen LogP contribution in [0.25, 0.3) is 0 Å². The lowest BCUT2D eigenvalue weighted by atomic mass is 10.1. The zero-order chi connectivity index (χ0) is 20.2. The zero-order valence-corrected chi connectivity index (χ0v) is 20.8. The van der Waals surface area contributed by atoms with Gasteiger partial charge in [-0.05, 0) is 44.9 Å². The van der Waals surface area contributed by atoms with Crippen molar-refractivity contribution in [3.63, 3.8) is 0 Å². The van der Waals surface area contributed by atoms with E-state index in [1.54, 1.807) is 7.11 Å². The molecule has 1 aromatic carbocycles. The van der Waals surface area contributed by atoms with E-state index >= 15 is 0 Å². The number of guanidine groups is 1. The number of aliphatic imine (C=N–C) groups is 1. The van der Waals surface area contributed by atoms with Gasteiger partial charge >= 0.3 is 0 Å². The quantitative estimate of drug-likeness (QED) is 0.181. The van der Waals surface area contributed by atoms with Crippen molar-refractivity contribution in [2.75, 3.05) is 46.5 Å². The highest BCUT2D eigenvalue weighted by Crippen LogP contribution is 2.25. The van der Waals surface area contributed by atoms with Crippen LogP contribution in [-0.4, -0.2) is 63.4 Å². The summed E-state index contributed by atoms with van der Waals surface area (Å²) >= 11 is 0. The number of hydrogen-bond acceptors (Lipinski definition) is 4. The van der Waals surface area contributed by atoms with Crippen LogP contribution < -0.4 is 15.4 Å². The molecule has 0 saturated heterocycles. The van der Waals surface area contributed by atoms with Crippen molar-refractivity contribution >= 4 is 29.9 Å². The molecule has 166 valence electrons. The van der Waals surface area contributed by atoms with Gasteiger partial charge in [0.1, 0.15) is 5.75 Å². The minimum atomic E-state index is 0. The van der Waals surface area contributed by atoms with E-state index in [-0.39, 0.29) is 24.0 Å². The fraction of sp³-hybridized carbons (Fsp3) is 0.682. The first kappa shape index (κ1) is 26.0. The summed E-state index contributed by atoms with van der Waals surface area (Å²) in [4.78, 5) is 7.32. The van der Waals surface area contributed by atoms with Crippen LogP contribution in [0.4, 0.5) is 0 Å². The van der Waals surface area contributed by atoms with Gasteiger partial charge in [-0.1, -0.05) is 19.1 Å². The molecule has 0 heterocycles. The van der Waals surface area contributed by atoms with E-state index in [4.69, 9.17) is 14.5 Å². The lowest BCUT2D eigenvalue weighted by molar-refractivity contribution is 0.172. The van der Waals surface area contributed by atoms with Crippen molar-refractivity contribution in [3.8, 4) is 5.75 Å². The maximum Gasteiger partial charge on any atom is 0.191 e. The Morgan fingerprint density at radius 3 is 2.66 bits per heavy atom. The zero-order valence-electron chi connectivity index (χ0n) is 18.5. The molecule has 0 spiro atoms.